The van der Waals surface area contributed by atoms with Gasteiger partial charge < -0.3 is 9.47 Å². The van der Waals surface area contributed by atoms with E-state index in [9.17, 15) is 9.59 Å². The van der Waals surface area contributed by atoms with E-state index >= 15 is 0 Å². The molecule has 0 aromatic rings. The molecule has 1 rings (SSSR count). The van der Waals surface area contributed by atoms with Gasteiger partial charge in [0.15, 0.2) is 0 Å². The van der Waals surface area contributed by atoms with Gasteiger partial charge in [0, 0.05) is 6.54 Å². The van der Waals surface area contributed by atoms with Crippen molar-refractivity contribution in [3.63, 3.8) is 0 Å². The van der Waals surface area contributed by atoms with Crippen LogP contribution in [0.4, 0.5) is 0 Å². The first-order chi connectivity index (χ1) is 7.67. The molecule has 0 amide bonds. The normalized spacial score (nSPS) is 21.5. The van der Waals surface area contributed by atoms with Gasteiger partial charge >= 0.3 is 11.9 Å². The van der Waals surface area contributed by atoms with E-state index < -0.39 is 0 Å². The molecular weight excluding hydrogens is 210 g/mol. The number of methoxy groups -OCH3 is 1. The molecule has 0 radical (unpaired) electrons. The van der Waals surface area contributed by atoms with Crippen molar-refractivity contribution in [2.45, 2.75) is 19.8 Å². The highest BCUT2D eigenvalue weighted by molar-refractivity contribution is 5.73. The number of hydrogen-bond acceptors (Lipinski definition) is 5. The van der Waals surface area contributed by atoms with Crippen LogP contribution >= 0.6 is 0 Å². The molecule has 1 heterocycles. The highest BCUT2D eigenvalue weighted by atomic mass is 16.5. The van der Waals surface area contributed by atoms with E-state index in [2.05, 4.69) is 4.74 Å². The number of esters is 2. The summed E-state index contributed by atoms with van der Waals surface area (Å²) in [6.45, 7) is 3.89. The summed E-state index contributed by atoms with van der Waals surface area (Å²) >= 11 is 0. The second-order valence-corrected chi connectivity index (χ2v) is 3.90. The van der Waals surface area contributed by atoms with Gasteiger partial charge in [0.05, 0.1) is 26.2 Å². The van der Waals surface area contributed by atoms with Crippen molar-refractivity contribution in [3.8, 4) is 0 Å². The largest absolute Gasteiger partial charge is 0.468 e. The zero-order valence-electron chi connectivity index (χ0n) is 9.90. The smallest absolute Gasteiger partial charge is 0.319 e. The maximum Gasteiger partial charge on any atom is 0.319 e. The average Bonchev–Trinajstić information content (AvgIpc) is 2.29. The van der Waals surface area contributed by atoms with E-state index in [0.717, 1.165) is 19.4 Å². The summed E-state index contributed by atoms with van der Waals surface area (Å²) in [4.78, 5) is 24.6. The lowest BCUT2D eigenvalue weighted by Crippen LogP contribution is -2.42. The Morgan fingerprint density at radius 3 is 2.81 bits per heavy atom. The second kappa shape index (κ2) is 6.48. The Labute approximate surface area is 95.7 Å². The lowest BCUT2D eigenvalue weighted by atomic mass is 9.98. The van der Waals surface area contributed by atoms with Gasteiger partial charge in [0.1, 0.15) is 0 Å². The van der Waals surface area contributed by atoms with Crippen molar-refractivity contribution in [3.05, 3.63) is 0 Å². The summed E-state index contributed by atoms with van der Waals surface area (Å²) in [5.74, 6) is -0.514. The number of carbonyl (C=O) groups excluding carboxylic acids is 2. The van der Waals surface area contributed by atoms with Crippen LogP contribution in [0, 0.1) is 5.92 Å². The predicted molar refractivity (Wildman–Crippen MR) is 57.8 cm³/mol. The molecule has 1 saturated heterocycles. The molecule has 92 valence electrons. The number of nitrogens with zero attached hydrogens (tertiary/aromatic N) is 1. The fraction of sp³-hybridized carbons (Fsp3) is 0.818. The van der Waals surface area contributed by atoms with Gasteiger partial charge in [-0.1, -0.05) is 0 Å². The molecule has 0 aromatic carbocycles. The Morgan fingerprint density at radius 2 is 2.19 bits per heavy atom. The molecule has 1 fully saturated rings. The topological polar surface area (TPSA) is 55.8 Å². The zero-order chi connectivity index (χ0) is 12.0. The number of piperidine rings is 1. The SMILES string of the molecule is CCOC(=O)[C@@H]1CCCN(CC(=O)OC)C1. The molecular formula is C11H19NO4. The molecule has 0 spiro atoms. The number of ether oxygens (including phenoxy) is 2. The van der Waals surface area contributed by atoms with Gasteiger partial charge in [-0.2, -0.15) is 0 Å². The maximum absolute atomic E-state index is 11.5. The minimum Gasteiger partial charge on any atom is -0.468 e. The van der Waals surface area contributed by atoms with Crippen LogP contribution in [0.5, 0.6) is 0 Å². The van der Waals surface area contributed by atoms with Crippen LogP contribution in [0.25, 0.3) is 0 Å². The lowest BCUT2D eigenvalue weighted by molar-refractivity contribution is -0.151. The molecule has 1 aliphatic rings. The van der Waals surface area contributed by atoms with E-state index in [0.29, 0.717) is 13.2 Å². The van der Waals surface area contributed by atoms with Gasteiger partial charge in [-0.25, -0.2) is 0 Å². The van der Waals surface area contributed by atoms with Crippen LogP contribution in [0.3, 0.4) is 0 Å². The summed E-state index contributed by atoms with van der Waals surface area (Å²) in [6, 6.07) is 0. The molecule has 0 N–H and O–H groups in total. The first-order valence-electron chi connectivity index (χ1n) is 5.63. The van der Waals surface area contributed by atoms with Gasteiger partial charge in [-0.05, 0) is 26.3 Å². The Hall–Kier alpha value is -1.10. The molecule has 0 unspecified atom stereocenters. The van der Waals surface area contributed by atoms with Crippen LogP contribution in [-0.4, -0.2) is 50.2 Å². The third kappa shape index (κ3) is 3.81. The molecule has 16 heavy (non-hydrogen) atoms. The molecule has 0 aliphatic carbocycles. The zero-order valence-corrected chi connectivity index (χ0v) is 9.90. The Bertz CT molecular complexity index is 254. The van der Waals surface area contributed by atoms with Crippen molar-refractivity contribution < 1.29 is 19.1 Å². The minimum atomic E-state index is -0.260. The molecule has 1 atom stereocenters. The molecule has 5 heteroatoms. The summed E-state index contributed by atoms with van der Waals surface area (Å²) in [5.41, 5.74) is 0. The number of carbonyl (C=O) groups is 2. The van der Waals surface area contributed by atoms with E-state index in [-0.39, 0.29) is 24.4 Å². The fourth-order valence-corrected chi connectivity index (χ4v) is 1.90. The molecule has 5 nitrogen and oxygen atoms in total. The van der Waals surface area contributed by atoms with Crippen LogP contribution in [0.2, 0.25) is 0 Å². The first-order valence-corrected chi connectivity index (χ1v) is 5.63. The van der Waals surface area contributed by atoms with Crippen LogP contribution in [0.1, 0.15) is 19.8 Å². The van der Waals surface area contributed by atoms with Crippen molar-refractivity contribution in [2.75, 3.05) is 33.4 Å². The monoisotopic (exact) mass is 229 g/mol. The summed E-state index contributed by atoms with van der Waals surface area (Å²) in [7, 11) is 1.37. The Kier molecular flexibility index (Phi) is 5.25. The van der Waals surface area contributed by atoms with Crippen LogP contribution in [0.15, 0.2) is 0 Å². The minimum absolute atomic E-state index is 0.0987. The third-order valence-electron chi connectivity index (χ3n) is 2.71. The van der Waals surface area contributed by atoms with Gasteiger partial charge in [-0.3, -0.25) is 14.5 Å². The molecule has 0 saturated carbocycles. The van der Waals surface area contributed by atoms with Gasteiger partial charge in [0.2, 0.25) is 0 Å². The standard InChI is InChI=1S/C11H19NO4/c1-3-16-11(14)9-5-4-6-12(7-9)8-10(13)15-2/h9H,3-8H2,1-2H3/t9-/m1/s1. The number of rotatable bonds is 4. The van der Waals surface area contributed by atoms with Crippen molar-refractivity contribution >= 4 is 11.9 Å². The van der Waals surface area contributed by atoms with Crippen molar-refractivity contribution in [1.82, 2.24) is 4.90 Å². The highest BCUT2D eigenvalue weighted by Crippen LogP contribution is 2.17. The van der Waals surface area contributed by atoms with E-state index in [1.807, 2.05) is 4.90 Å². The van der Waals surface area contributed by atoms with Gasteiger partial charge in [-0.15, -0.1) is 0 Å². The van der Waals surface area contributed by atoms with E-state index in [1.165, 1.54) is 7.11 Å². The van der Waals surface area contributed by atoms with Gasteiger partial charge in [0.25, 0.3) is 0 Å². The number of hydrogen-bond donors (Lipinski definition) is 0. The average molecular weight is 229 g/mol. The molecule has 0 bridgehead atoms. The third-order valence-corrected chi connectivity index (χ3v) is 2.71. The highest BCUT2D eigenvalue weighted by Gasteiger charge is 2.27. The van der Waals surface area contributed by atoms with E-state index in [1.54, 1.807) is 6.92 Å². The first kappa shape index (κ1) is 13.0. The van der Waals surface area contributed by atoms with Crippen molar-refractivity contribution in [2.24, 2.45) is 5.92 Å². The summed E-state index contributed by atoms with van der Waals surface area (Å²) < 4.78 is 9.58. The summed E-state index contributed by atoms with van der Waals surface area (Å²) in [5, 5.41) is 0. The molecule has 1 aliphatic heterocycles. The fourth-order valence-electron chi connectivity index (χ4n) is 1.90. The van der Waals surface area contributed by atoms with Crippen LogP contribution < -0.4 is 0 Å². The Balaban J connectivity index is 2.40. The van der Waals surface area contributed by atoms with Crippen LogP contribution in [-0.2, 0) is 19.1 Å². The van der Waals surface area contributed by atoms with Crippen molar-refractivity contribution in [1.29, 1.82) is 0 Å². The number of likely N-dealkylation sites (tertiary alicyclic amines) is 1. The molecule has 0 aromatic heterocycles. The van der Waals surface area contributed by atoms with E-state index in [4.69, 9.17) is 4.74 Å². The summed E-state index contributed by atoms with van der Waals surface area (Å²) in [6.07, 6.45) is 1.76. The quantitative estimate of drug-likeness (QED) is 0.654. The second-order valence-electron chi connectivity index (χ2n) is 3.90. The lowest BCUT2D eigenvalue weighted by Gasteiger charge is -2.30. The predicted octanol–water partition coefficient (Wildman–Crippen LogP) is 0.434. The maximum atomic E-state index is 11.5. The Morgan fingerprint density at radius 1 is 1.44 bits per heavy atom.